The Bertz CT molecular complexity index is 552. The van der Waals surface area contributed by atoms with Crippen LogP contribution >= 0.6 is 11.3 Å². The van der Waals surface area contributed by atoms with Crippen LogP contribution in [0.25, 0.3) is 0 Å². The second-order valence-corrected chi connectivity index (χ2v) is 7.33. The van der Waals surface area contributed by atoms with Crippen molar-refractivity contribution in [1.29, 1.82) is 0 Å². The van der Waals surface area contributed by atoms with Crippen molar-refractivity contribution in [3.05, 3.63) is 10.6 Å². The molecule has 2 aliphatic heterocycles. The summed E-state index contributed by atoms with van der Waals surface area (Å²) in [4.78, 5) is 20.8. The molecule has 7 heteroatoms. The highest BCUT2D eigenvalue weighted by Gasteiger charge is 2.30. The maximum absolute atomic E-state index is 12.3. The summed E-state index contributed by atoms with van der Waals surface area (Å²) in [6, 6.07) is 0.327. The van der Waals surface area contributed by atoms with Crippen LogP contribution in [-0.4, -0.2) is 56.3 Å². The molecule has 4 rings (SSSR count). The number of fused-ring (bicyclic) bond motifs is 1. The fraction of sp³-hybridized carbons (Fsp3) is 0.733. The Balaban J connectivity index is 1.41. The molecule has 2 N–H and O–H groups in total. The first-order chi connectivity index (χ1) is 10.8. The molecule has 1 unspecified atom stereocenters. The van der Waals surface area contributed by atoms with Crippen molar-refractivity contribution in [2.24, 2.45) is 5.92 Å². The summed E-state index contributed by atoms with van der Waals surface area (Å²) >= 11 is 1.80. The lowest BCUT2D eigenvalue weighted by atomic mass is 9.90. The molecular formula is C15H22N4O2S. The summed E-state index contributed by atoms with van der Waals surface area (Å²) < 4.78 is 5.40. The first kappa shape index (κ1) is 14.4. The molecule has 2 fully saturated rings. The van der Waals surface area contributed by atoms with E-state index in [2.05, 4.69) is 15.5 Å². The molecule has 3 heterocycles. The number of carbonyl (C=O) groups excluding carboxylic acids is 1. The van der Waals surface area contributed by atoms with Crippen molar-refractivity contribution in [3.8, 4) is 0 Å². The van der Waals surface area contributed by atoms with Gasteiger partial charge >= 0.3 is 0 Å². The Morgan fingerprint density at radius 1 is 1.36 bits per heavy atom. The SMILES string of the molecule is O=C(NC1CNC1)C1CCc2sc(N3CCOCC3)nc2C1. The smallest absolute Gasteiger partial charge is 0.223 e. The Labute approximate surface area is 134 Å². The van der Waals surface area contributed by atoms with Crippen molar-refractivity contribution >= 4 is 22.4 Å². The predicted octanol–water partition coefficient (Wildman–Crippen LogP) is 0.173. The minimum absolute atomic E-state index is 0.0905. The van der Waals surface area contributed by atoms with Crippen LogP contribution in [-0.2, 0) is 22.4 Å². The Morgan fingerprint density at radius 3 is 2.91 bits per heavy atom. The molecule has 1 aromatic heterocycles. The zero-order chi connectivity index (χ0) is 14.9. The fourth-order valence-corrected chi connectivity index (χ4v) is 4.34. The first-order valence-corrected chi connectivity index (χ1v) is 8.93. The zero-order valence-electron chi connectivity index (χ0n) is 12.6. The number of carbonyl (C=O) groups is 1. The maximum atomic E-state index is 12.3. The van der Waals surface area contributed by atoms with Gasteiger partial charge in [-0.2, -0.15) is 0 Å². The normalized spacial score (nSPS) is 25.5. The van der Waals surface area contributed by atoms with E-state index in [1.54, 1.807) is 11.3 Å². The number of nitrogens with one attached hydrogen (secondary N) is 2. The van der Waals surface area contributed by atoms with E-state index in [-0.39, 0.29) is 11.8 Å². The first-order valence-electron chi connectivity index (χ1n) is 8.12. The van der Waals surface area contributed by atoms with Gasteiger partial charge in [0.15, 0.2) is 5.13 Å². The van der Waals surface area contributed by atoms with Crippen molar-refractivity contribution in [1.82, 2.24) is 15.6 Å². The standard InChI is InChI=1S/C15H22N4O2S/c20-14(17-11-8-16-9-11)10-1-2-13-12(7-10)18-15(22-13)19-3-5-21-6-4-19/h10-11,16H,1-9H2,(H,17,20). The van der Waals surface area contributed by atoms with Gasteiger partial charge < -0.3 is 20.3 Å². The molecule has 22 heavy (non-hydrogen) atoms. The van der Waals surface area contributed by atoms with E-state index < -0.39 is 0 Å². The van der Waals surface area contributed by atoms with Gasteiger partial charge in [-0.1, -0.05) is 0 Å². The molecule has 0 aromatic carbocycles. The summed E-state index contributed by atoms with van der Waals surface area (Å²) in [6.07, 6.45) is 2.73. The third kappa shape index (κ3) is 2.85. The number of hydrogen-bond acceptors (Lipinski definition) is 6. The quantitative estimate of drug-likeness (QED) is 0.831. The van der Waals surface area contributed by atoms with Crippen LogP contribution in [0.4, 0.5) is 5.13 Å². The molecule has 1 aromatic rings. The number of rotatable bonds is 3. The summed E-state index contributed by atoms with van der Waals surface area (Å²) in [5.74, 6) is 0.297. The van der Waals surface area contributed by atoms with Gasteiger partial charge in [0, 0.05) is 43.4 Å². The van der Waals surface area contributed by atoms with Gasteiger partial charge in [0.05, 0.1) is 24.9 Å². The topological polar surface area (TPSA) is 66.5 Å². The van der Waals surface area contributed by atoms with Gasteiger partial charge in [0.25, 0.3) is 0 Å². The van der Waals surface area contributed by atoms with Gasteiger partial charge in [-0.3, -0.25) is 4.79 Å². The molecule has 1 atom stereocenters. The minimum Gasteiger partial charge on any atom is -0.378 e. The molecule has 1 aliphatic carbocycles. The van der Waals surface area contributed by atoms with Crippen molar-refractivity contribution in [3.63, 3.8) is 0 Å². The lowest BCUT2D eigenvalue weighted by Crippen LogP contribution is -2.58. The van der Waals surface area contributed by atoms with Crippen LogP contribution in [0.2, 0.25) is 0 Å². The number of ether oxygens (including phenoxy) is 1. The van der Waals surface area contributed by atoms with Crippen molar-refractivity contribution in [2.75, 3.05) is 44.3 Å². The number of hydrogen-bond donors (Lipinski definition) is 2. The predicted molar refractivity (Wildman–Crippen MR) is 85.5 cm³/mol. The number of anilines is 1. The molecule has 1 amide bonds. The molecule has 0 spiro atoms. The molecule has 2 saturated heterocycles. The number of nitrogens with zero attached hydrogens (tertiary/aromatic N) is 2. The zero-order valence-corrected chi connectivity index (χ0v) is 13.5. The lowest BCUT2D eigenvalue weighted by Gasteiger charge is -2.30. The molecule has 120 valence electrons. The monoisotopic (exact) mass is 322 g/mol. The molecule has 0 radical (unpaired) electrons. The van der Waals surface area contributed by atoms with Crippen molar-refractivity contribution < 1.29 is 9.53 Å². The Hall–Kier alpha value is -1.18. The molecule has 0 saturated carbocycles. The van der Waals surface area contributed by atoms with E-state index in [0.29, 0.717) is 6.04 Å². The second-order valence-electron chi connectivity index (χ2n) is 6.27. The summed E-state index contributed by atoms with van der Waals surface area (Å²) in [6.45, 7) is 5.22. The van der Waals surface area contributed by atoms with Gasteiger partial charge in [-0.15, -0.1) is 11.3 Å². The van der Waals surface area contributed by atoms with Crippen LogP contribution in [0.15, 0.2) is 0 Å². The number of aromatic nitrogens is 1. The average Bonchev–Trinajstić information content (AvgIpc) is 2.94. The molecule has 6 nitrogen and oxygen atoms in total. The number of amides is 1. The van der Waals surface area contributed by atoms with Crippen molar-refractivity contribution in [2.45, 2.75) is 25.3 Å². The Morgan fingerprint density at radius 2 is 2.18 bits per heavy atom. The number of morpholine rings is 1. The largest absolute Gasteiger partial charge is 0.378 e. The summed E-state index contributed by atoms with van der Waals surface area (Å²) in [5, 5.41) is 7.43. The van der Waals surface area contributed by atoms with Gasteiger partial charge in [0.1, 0.15) is 0 Å². The highest BCUT2D eigenvalue weighted by molar-refractivity contribution is 7.15. The van der Waals surface area contributed by atoms with Crippen LogP contribution in [0.1, 0.15) is 17.0 Å². The molecule has 3 aliphatic rings. The summed E-state index contributed by atoms with van der Waals surface area (Å²) in [7, 11) is 0. The third-order valence-corrected chi connectivity index (χ3v) is 5.93. The van der Waals surface area contributed by atoms with E-state index in [0.717, 1.165) is 69.5 Å². The molecule has 0 bridgehead atoms. The lowest BCUT2D eigenvalue weighted by molar-refractivity contribution is -0.126. The van der Waals surface area contributed by atoms with E-state index in [9.17, 15) is 4.79 Å². The Kier molecular flexibility index (Phi) is 4.02. The number of thiazole rings is 1. The van der Waals surface area contributed by atoms with Crippen LogP contribution < -0.4 is 15.5 Å². The van der Waals surface area contributed by atoms with Gasteiger partial charge in [0.2, 0.25) is 5.91 Å². The van der Waals surface area contributed by atoms with E-state index in [1.807, 2.05) is 0 Å². The average molecular weight is 322 g/mol. The van der Waals surface area contributed by atoms with E-state index >= 15 is 0 Å². The van der Waals surface area contributed by atoms with E-state index in [4.69, 9.17) is 9.72 Å². The van der Waals surface area contributed by atoms with Crippen LogP contribution in [0.5, 0.6) is 0 Å². The second kappa shape index (κ2) is 6.14. The van der Waals surface area contributed by atoms with Crippen LogP contribution in [0, 0.1) is 5.92 Å². The minimum atomic E-state index is 0.0905. The maximum Gasteiger partial charge on any atom is 0.223 e. The molecular weight excluding hydrogens is 300 g/mol. The third-order valence-electron chi connectivity index (χ3n) is 4.71. The van der Waals surface area contributed by atoms with E-state index in [1.165, 1.54) is 4.88 Å². The number of aryl methyl sites for hydroxylation is 1. The van der Waals surface area contributed by atoms with Gasteiger partial charge in [-0.05, 0) is 12.8 Å². The highest BCUT2D eigenvalue weighted by Crippen LogP contribution is 2.34. The summed E-state index contributed by atoms with van der Waals surface area (Å²) in [5.41, 5.74) is 1.14. The van der Waals surface area contributed by atoms with Gasteiger partial charge in [-0.25, -0.2) is 4.98 Å². The van der Waals surface area contributed by atoms with Crippen LogP contribution in [0.3, 0.4) is 0 Å². The fourth-order valence-electron chi connectivity index (χ4n) is 3.19. The highest BCUT2D eigenvalue weighted by atomic mass is 32.1.